The molecule has 0 saturated carbocycles. The molecule has 1 amide bonds. The predicted molar refractivity (Wildman–Crippen MR) is 62.7 cm³/mol. The summed E-state index contributed by atoms with van der Waals surface area (Å²) in [6.45, 7) is 3.83. The van der Waals surface area contributed by atoms with Crippen molar-refractivity contribution < 1.29 is 19.4 Å². The fourth-order valence-corrected chi connectivity index (χ4v) is 2.38. The highest BCUT2D eigenvalue weighted by atomic mass is 16.5. The highest BCUT2D eigenvalue weighted by Crippen LogP contribution is 2.32. The van der Waals surface area contributed by atoms with E-state index in [0.29, 0.717) is 19.4 Å². The molecular weight excluding hydrogens is 222 g/mol. The van der Waals surface area contributed by atoms with E-state index in [1.165, 1.54) is 11.8 Å². The average Bonchev–Trinajstić information content (AvgIpc) is 2.28. The Labute approximate surface area is 102 Å². The topological polar surface area (TPSA) is 66.8 Å². The van der Waals surface area contributed by atoms with Gasteiger partial charge in [-0.3, -0.25) is 4.79 Å². The summed E-state index contributed by atoms with van der Waals surface area (Å²) in [6.07, 6.45) is 2.46. The van der Waals surface area contributed by atoms with Crippen LogP contribution in [0.2, 0.25) is 0 Å². The molecule has 1 rings (SSSR count). The van der Waals surface area contributed by atoms with Gasteiger partial charge in [0.15, 0.2) is 0 Å². The second-order valence-corrected chi connectivity index (χ2v) is 4.65. The third-order valence-corrected chi connectivity index (χ3v) is 3.56. The van der Waals surface area contributed by atoms with Gasteiger partial charge in [-0.2, -0.15) is 0 Å². The van der Waals surface area contributed by atoms with Crippen LogP contribution >= 0.6 is 0 Å². The van der Waals surface area contributed by atoms with Crippen molar-refractivity contribution in [3.8, 4) is 0 Å². The molecule has 0 radical (unpaired) electrons. The molecule has 1 N–H and O–H groups in total. The van der Waals surface area contributed by atoms with Crippen LogP contribution in [0.1, 0.15) is 39.5 Å². The summed E-state index contributed by atoms with van der Waals surface area (Å²) in [5.74, 6) is -1.15. The number of carbonyl (C=O) groups excluding carboxylic acids is 1. The second kappa shape index (κ2) is 5.49. The fraction of sp³-hybridized carbons (Fsp3) is 0.833. The first kappa shape index (κ1) is 14.0. The summed E-state index contributed by atoms with van der Waals surface area (Å²) in [6, 6.07) is 0. The molecule has 0 bridgehead atoms. The first-order valence-corrected chi connectivity index (χ1v) is 6.03. The van der Waals surface area contributed by atoms with Crippen LogP contribution in [0.4, 0.5) is 0 Å². The molecular formula is C12H21NO4. The number of hydrogen-bond donors (Lipinski definition) is 1. The molecule has 0 aromatic heterocycles. The monoisotopic (exact) mass is 243 g/mol. The van der Waals surface area contributed by atoms with Crippen LogP contribution in [-0.4, -0.2) is 47.2 Å². The SMILES string of the molecule is CCCC1CC(C(=O)O)(N(C)C(C)=O)CCO1. The molecule has 1 fully saturated rings. The number of rotatable bonds is 4. The van der Waals surface area contributed by atoms with Gasteiger partial charge in [-0.25, -0.2) is 4.79 Å². The molecule has 1 aliphatic rings. The van der Waals surface area contributed by atoms with Crippen molar-refractivity contribution in [3.05, 3.63) is 0 Å². The first-order valence-electron chi connectivity index (χ1n) is 6.03. The number of amides is 1. The largest absolute Gasteiger partial charge is 0.479 e. The Bertz CT molecular complexity index is 303. The van der Waals surface area contributed by atoms with E-state index in [2.05, 4.69) is 0 Å². The standard InChI is InChI=1S/C12H21NO4/c1-4-5-10-8-12(11(15)16,6-7-17-10)13(3)9(2)14/h10H,4-8H2,1-3H3,(H,15,16). The minimum Gasteiger partial charge on any atom is -0.479 e. The van der Waals surface area contributed by atoms with Gasteiger partial charge >= 0.3 is 5.97 Å². The number of likely N-dealkylation sites (N-methyl/N-ethyl adjacent to an activating group) is 1. The molecule has 1 aliphatic heterocycles. The number of hydrogen-bond acceptors (Lipinski definition) is 3. The molecule has 17 heavy (non-hydrogen) atoms. The highest BCUT2D eigenvalue weighted by Gasteiger charge is 2.47. The van der Waals surface area contributed by atoms with Gasteiger partial charge in [-0.1, -0.05) is 13.3 Å². The highest BCUT2D eigenvalue weighted by molar-refractivity contribution is 5.86. The molecule has 2 atom stereocenters. The third kappa shape index (κ3) is 2.77. The summed E-state index contributed by atoms with van der Waals surface area (Å²) in [5.41, 5.74) is -1.09. The molecule has 0 aromatic rings. The van der Waals surface area contributed by atoms with Crippen molar-refractivity contribution in [1.29, 1.82) is 0 Å². The van der Waals surface area contributed by atoms with E-state index in [0.717, 1.165) is 12.8 Å². The normalized spacial score (nSPS) is 28.8. The Morgan fingerprint density at radius 3 is 2.65 bits per heavy atom. The Hall–Kier alpha value is -1.10. The van der Waals surface area contributed by atoms with Gasteiger partial charge in [0, 0.05) is 33.4 Å². The molecule has 98 valence electrons. The van der Waals surface area contributed by atoms with Crippen LogP contribution < -0.4 is 0 Å². The van der Waals surface area contributed by atoms with Crippen molar-refractivity contribution in [3.63, 3.8) is 0 Å². The molecule has 0 spiro atoms. The Balaban J connectivity index is 2.91. The van der Waals surface area contributed by atoms with Crippen LogP contribution in [0.15, 0.2) is 0 Å². The van der Waals surface area contributed by atoms with E-state index in [1.54, 1.807) is 7.05 Å². The number of ether oxygens (including phenoxy) is 1. The smallest absolute Gasteiger partial charge is 0.329 e. The first-order chi connectivity index (χ1) is 7.94. The van der Waals surface area contributed by atoms with E-state index < -0.39 is 11.5 Å². The summed E-state index contributed by atoms with van der Waals surface area (Å²) in [4.78, 5) is 24.3. The molecule has 1 saturated heterocycles. The number of carboxylic acid groups (broad SMARTS) is 1. The summed E-state index contributed by atoms with van der Waals surface area (Å²) < 4.78 is 5.55. The molecule has 0 aliphatic carbocycles. The van der Waals surface area contributed by atoms with E-state index in [-0.39, 0.29) is 12.0 Å². The van der Waals surface area contributed by atoms with Crippen LogP contribution in [0.25, 0.3) is 0 Å². The van der Waals surface area contributed by atoms with Crippen molar-refractivity contribution >= 4 is 11.9 Å². The van der Waals surface area contributed by atoms with Crippen molar-refractivity contribution in [2.75, 3.05) is 13.7 Å². The van der Waals surface area contributed by atoms with E-state index >= 15 is 0 Å². The van der Waals surface area contributed by atoms with Crippen LogP contribution in [-0.2, 0) is 14.3 Å². The van der Waals surface area contributed by atoms with Gasteiger partial charge in [0.25, 0.3) is 0 Å². The lowest BCUT2D eigenvalue weighted by Gasteiger charge is -2.43. The minimum absolute atomic E-state index is 0.0633. The summed E-state index contributed by atoms with van der Waals surface area (Å²) >= 11 is 0. The minimum atomic E-state index is -1.09. The van der Waals surface area contributed by atoms with Crippen LogP contribution in [0.3, 0.4) is 0 Å². The van der Waals surface area contributed by atoms with E-state index in [9.17, 15) is 14.7 Å². The second-order valence-electron chi connectivity index (χ2n) is 4.65. The van der Waals surface area contributed by atoms with Crippen molar-refractivity contribution in [2.45, 2.75) is 51.2 Å². The number of carbonyl (C=O) groups is 2. The summed E-state index contributed by atoms with van der Waals surface area (Å²) in [5, 5.41) is 9.44. The molecule has 0 aromatic carbocycles. The Kier molecular flexibility index (Phi) is 4.51. The number of aliphatic carboxylic acids is 1. The van der Waals surface area contributed by atoms with Crippen LogP contribution in [0, 0.1) is 0 Å². The van der Waals surface area contributed by atoms with Crippen LogP contribution in [0.5, 0.6) is 0 Å². The zero-order valence-electron chi connectivity index (χ0n) is 10.7. The molecule has 5 nitrogen and oxygen atoms in total. The van der Waals surface area contributed by atoms with E-state index in [1.807, 2.05) is 6.92 Å². The Morgan fingerprint density at radius 2 is 2.18 bits per heavy atom. The maximum atomic E-state index is 11.5. The van der Waals surface area contributed by atoms with Gasteiger partial charge in [-0.15, -0.1) is 0 Å². The predicted octanol–water partition coefficient (Wildman–Crippen LogP) is 1.27. The molecule has 2 unspecified atom stereocenters. The lowest BCUT2D eigenvalue weighted by Crippen LogP contribution is -2.59. The maximum Gasteiger partial charge on any atom is 0.329 e. The van der Waals surface area contributed by atoms with Gasteiger partial charge in [-0.05, 0) is 6.42 Å². The summed E-state index contributed by atoms with van der Waals surface area (Å²) in [7, 11) is 1.56. The van der Waals surface area contributed by atoms with Gasteiger partial charge in [0.2, 0.25) is 5.91 Å². The number of carboxylic acids is 1. The quantitative estimate of drug-likeness (QED) is 0.807. The lowest BCUT2D eigenvalue weighted by atomic mass is 9.84. The van der Waals surface area contributed by atoms with Crippen molar-refractivity contribution in [2.24, 2.45) is 0 Å². The van der Waals surface area contributed by atoms with Gasteiger partial charge < -0.3 is 14.7 Å². The van der Waals surface area contributed by atoms with Crippen molar-refractivity contribution in [1.82, 2.24) is 4.90 Å². The number of nitrogens with zero attached hydrogens (tertiary/aromatic N) is 1. The lowest BCUT2D eigenvalue weighted by molar-refractivity contribution is -0.168. The fourth-order valence-electron chi connectivity index (χ4n) is 2.38. The van der Waals surface area contributed by atoms with E-state index in [4.69, 9.17) is 4.74 Å². The zero-order chi connectivity index (χ0) is 13.1. The Morgan fingerprint density at radius 1 is 1.53 bits per heavy atom. The average molecular weight is 243 g/mol. The van der Waals surface area contributed by atoms with Gasteiger partial charge in [0.05, 0.1) is 6.10 Å². The third-order valence-electron chi connectivity index (χ3n) is 3.56. The molecule has 1 heterocycles. The molecule has 5 heteroatoms. The van der Waals surface area contributed by atoms with Gasteiger partial charge in [0.1, 0.15) is 5.54 Å². The zero-order valence-corrected chi connectivity index (χ0v) is 10.7. The maximum absolute atomic E-state index is 11.5.